The van der Waals surface area contributed by atoms with Crippen LogP contribution in [0.5, 0.6) is 5.75 Å². The first-order valence-electron chi connectivity index (χ1n) is 8.99. The monoisotopic (exact) mass is 390 g/mol. The molecule has 7 heteroatoms. The van der Waals surface area contributed by atoms with Gasteiger partial charge in [0.2, 0.25) is 5.91 Å². The normalized spacial score (nSPS) is 11.8. The number of halogens is 2. The Bertz CT molecular complexity index is 792. The van der Waals surface area contributed by atoms with Crippen LogP contribution in [0.4, 0.5) is 8.78 Å². The van der Waals surface area contributed by atoms with Gasteiger partial charge in [-0.25, -0.2) is 8.78 Å². The van der Waals surface area contributed by atoms with Crippen LogP contribution < -0.4 is 10.1 Å². The summed E-state index contributed by atoms with van der Waals surface area (Å²) in [5.74, 6) is -2.86. The molecule has 0 spiro atoms. The van der Waals surface area contributed by atoms with E-state index >= 15 is 0 Å². The Hall–Kier alpha value is -2.96. The van der Waals surface area contributed by atoms with Gasteiger partial charge in [-0.2, -0.15) is 0 Å². The van der Waals surface area contributed by atoms with Crippen molar-refractivity contribution >= 4 is 11.8 Å². The van der Waals surface area contributed by atoms with E-state index in [0.29, 0.717) is 12.3 Å². The van der Waals surface area contributed by atoms with E-state index in [-0.39, 0.29) is 18.4 Å². The number of nitrogens with zero attached hydrogens (tertiary/aromatic N) is 1. The van der Waals surface area contributed by atoms with Gasteiger partial charge in [0.05, 0.1) is 6.54 Å². The lowest BCUT2D eigenvalue weighted by Gasteiger charge is -2.27. The van der Waals surface area contributed by atoms with Gasteiger partial charge in [-0.3, -0.25) is 9.59 Å². The molecule has 150 valence electrons. The minimum absolute atomic E-state index is 0.271. The zero-order valence-electron chi connectivity index (χ0n) is 16.1. The zero-order chi connectivity index (χ0) is 20.7. The summed E-state index contributed by atoms with van der Waals surface area (Å²) in [5, 5.41) is 2.45. The quantitative estimate of drug-likeness (QED) is 0.753. The number of benzene rings is 2. The van der Waals surface area contributed by atoms with Crippen LogP contribution in [-0.4, -0.2) is 43.0 Å². The maximum absolute atomic E-state index is 13.8. The topological polar surface area (TPSA) is 58.6 Å². The third-order valence-corrected chi connectivity index (χ3v) is 4.22. The number of nitrogens with one attached hydrogen (secondary N) is 1. The van der Waals surface area contributed by atoms with E-state index in [0.717, 1.165) is 12.1 Å². The fourth-order valence-corrected chi connectivity index (χ4v) is 2.61. The third-order valence-electron chi connectivity index (χ3n) is 4.22. The fourth-order valence-electron chi connectivity index (χ4n) is 2.61. The largest absolute Gasteiger partial charge is 0.492 e. The van der Waals surface area contributed by atoms with Gasteiger partial charge in [0.15, 0.2) is 0 Å². The number of para-hydroxylation sites is 1. The lowest BCUT2D eigenvalue weighted by Crippen LogP contribution is -2.51. The van der Waals surface area contributed by atoms with Gasteiger partial charge >= 0.3 is 0 Å². The van der Waals surface area contributed by atoms with Gasteiger partial charge < -0.3 is 15.0 Å². The van der Waals surface area contributed by atoms with Crippen molar-refractivity contribution in [3.05, 3.63) is 65.7 Å². The molecule has 2 rings (SSSR count). The minimum atomic E-state index is -0.975. The van der Waals surface area contributed by atoms with Gasteiger partial charge in [-0.05, 0) is 30.2 Å². The molecule has 1 atom stereocenters. The summed E-state index contributed by atoms with van der Waals surface area (Å²) in [6.45, 7) is 4.05. The second-order valence-corrected chi connectivity index (χ2v) is 6.71. The van der Waals surface area contributed by atoms with E-state index in [1.165, 1.54) is 11.0 Å². The number of carbonyl (C=O) groups excluding carboxylic acids is 2. The number of carbonyl (C=O) groups is 2. The molecule has 1 unspecified atom stereocenters. The minimum Gasteiger partial charge on any atom is -0.492 e. The molecule has 0 aliphatic carbocycles. The van der Waals surface area contributed by atoms with Gasteiger partial charge in [0, 0.05) is 7.05 Å². The Morgan fingerprint density at radius 2 is 1.64 bits per heavy atom. The van der Waals surface area contributed by atoms with Crippen molar-refractivity contribution in [2.45, 2.75) is 19.9 Å². The number of amides is 2. The van der Waals surface area contributed by atoms with Crippen molar-refractivity contribution in [3.8, 4) is 5.75 Å². The molecule has 0 heterocycles. The summed E-state index contributed by atoms with van der Waals surface area (Å²) in [7, 11) is 1.59. The molecular formula is C21H24F2N2O3. The van der Waals surface area contributed by atoms with E-state index in [1.807, 2.05) is 30.3 Å². The lowest BCUT2D eigenvalue weighted by atomic mass is 10.0. The highest BCUT2D eigenvalue weighted by Gasteiger charge is 2.29. The van der Waals surface area contributed by atoms with Crippen LogP contribution >= 0.6 is 0 Å². The van der Waals surface area contributed by atoms with E-state index in [1.54, 1.807) is 20.9 Å². The Kier molecular flexibility index (Phi) is 7.49. The van der Waals surface area contributed by atoms with Crippen molar-refractivity contribution in [2.24, 2.45) is 5.92 Å². The average molecular weight is 390 g/mol. The summed E-state index contributed by atoms with van der Waals surface area (Å²) in [6, 6.07) is 11.4. The predicted molar refractivity (Wildman–Crippen MR) is 102 cm³/mol. The van der Waals surface area contributed by atoms with Crippen molar-refractivity contribution in [2.75, 3.05) is 20.2 Å². The van der Waals surface area contributed by atoms with Gasteiger partial charge in [-0.15, -0.1) is 0 Å². The van der Waals surface area contributed by atoms with Crippen LogP contribution in [0.15, 0.2) is 48.5 Å². The fraction of sp³-hybridized carbons (Fsp3) is 0.333. The van der Waals surface area contributed by atoms with E-state index in [9.17, 15) is 18.4 Å². The molecule has 2 amide bonds. The van der Waals surface area contributed by atoms with Crippen LogP contribution in [-0.2, 0) is 4.79 Å². The summed E-state index contributed by atoms with van der Waals surface area (Å²) in [4.78, 5) is 26.5. The first-order valence-corrected chi connectivity index (χ1v) is 8.99. The van der Waals surface area contributed by atoms with Crippen LogP contribution in [0, 0.1) is 17.6 Å². The lowest BCUT2D eigenvalue weighted by molar-refractivity contribution is -0.133. The van der Waals surface area contributed by atoms with Crippen molar-refractivity contribution in [1.29, 1.82) is 0 Å². The van der Waals surface area contributed by atoms with Gasteiger partial charge in [-0.1, -0.05) is 38.1 Å². The molecular weight excluding hydrogens is 366 g/mol. The second-order valence-electron chi connectivity index (χ2n) is 6.71. The highest BCUT2D eigenvalue weighted by atomic mass is 19.1. The molecule has 0 bridgehead atoms. The highest BCUT2D eigenvalue weighted by molar-refractivity contribution is 5.98. The second kappa shape index (κ2) is 9.82. The number of hydrogen-bond donors (Lipinski definition) is 1. The molecule has 0 saturated carbocycles. The molecule has 0 aromatic heterocycles. The van der Waals surface area contributed by atoms with Crippen LogP contribution in [0.3, 0.4) is 0 Å². The highest BCUT2D eigenvalue weighted by Crippen LogP contribution is 2.14. The molecule has 0 saturated heterocycles. The van der Waals surface area contributed by atoms with Gasteiger partial charge in [0.1, 0.15) is 35.6 Å². The zero-order valence-corrected chi connectivity index (χ0v) is 16.1. The maximum atomic E-state index is 13.8. The average Bonchev–Trinajstić information content (AvgIpc) is 2.66. The molecule has 0 radical (unpaired) electrons. The first-order chi connectivity index (χ1) is 13.3. The van der Waals surface area contributed by atoms with Crippen molar-refractivity contribution in [3.63, 3.8) is 0 Å². The number of likely N-dealkylation sites (N-methyl/N-ethyl adjacent to an activating group) is 1. The Labute approximate surface area is 163 Å². The summed E-state index contributed by atoms with van der Waals surface area (Å²) < 4.78 is 33.2. The Morgan fingerprint density at radius 1 is 1.04 bits per heavy atom. The van der Waals surface area contributed by atoms with Crippen LogP contribution in [0.2, 0.25) is 0 Å². The summed E-state index contributed by atoms with van der Waals surface area (Å²) >= 11 is 0. The summed E-state index contributed by atoms with van der Waals surface area (Å²) in [5.41, 5.74) is -0.698. The Morgan fingerprint density at radius 3 is 2.21 bits per heavy atom. The van der Waals surface area contributed by atoms with E-state index in [4.69, 9.17) is 4.74 Å². The Balaban J connectivity index is 1.99. The molecule has 0 aliphatic heterocycles. The number of rotatable bonds is 8. The smallest absolute Gasteiger partial charge is 0.257 e. The first kappa shape index (κ1) is 21.3. The SMILES string of the molecule is CC(C)C(NC(=O)c1c(F)cccc1F)C(=O)N(C)CCOc1ccccc1. The maximum Gasteiger partial charge on any atom is 0.257 e. The third kappa shape index (κ3) is 5.52. The molecule has 2 aromatic rings. The standard InChI is InChI=1S/C21H24F2N2O3/c1-14(2)19(24-20(26)18-16(22)10-7-11-17(18)23)21(27)25(3)12-13-28-15-8-5-4-6-9-15/h4-11,14,19H,12-13H2,1-3H3,(H,24,26). The molecule has 28 heavy (non-hydrogen) atoms. The van der Waals surface area contributed by atoms with Crippen LogP contribution in [0.1, 0.15) is 24.2 Å². The molecule has 5 nitrogen and oxygen atoms in total. The summed E-state index contributed by atoms with van der Waals surface area (Å²) in [6.07, 6.45) is 0. The molecule has 0 fully saturated rings. The predicted octanol–water partition coefficient (Wildman–Crippen LogP) is 3.26. The van der Waals surface area contributed by atoms with E-state index < -0.39 is 29.1 Å². The van der Waals surface area contributed by atoms with Crippen LogP contribution in [0.25, 0.3) is 0 Å². The molecule has 1 N–H and O–H groups in total. The molecule has 2 aromatic carbocycles. The van der Waals surface area contributed by atoms with Gasteiger partial charge in [0.25, 0.3) is 5.91 Å². The van der Waals surface area contributed by atoms with Crippen molar-refractivity contribution < 1.29 is 23.1 Å². The molecule has 0 aliphatic rings. The number of hydrogen-bond acceptors (Lipinski definition) is 3. The van der Waals surface area contributed by atoms with E-state index in [2.05, 4.69) is 5.32 Å². The van der Waals surface area contributed by atoms with Crippen molar-refractivity contribution in [1.82, 2.24) is 10.2 Å². The number of ether oxygens (including phenoxy) is 1.